The number of nitrogens with two attached hydrogens (primary N) is 1. The third kappa shape index (κ3) is 3.71. The molecule has 2 heterocycles. The zero-order valence-corrected chi connectivity index (χ0v) is 11.6. The van der Waals surface area contributed by atoms with Crippen LogP contribution >= 0.6 is 12.4 Å². The lowest BCUT2D eigenvalue weighted by Crippen LogP contribution is -2.45. The summed E-state index contributed by atoms with van der Waals surface area (Å²) in [6, 6.07) is 1.67. The van der Waals surface area contributed by atoms with E-state index in [9.17, 15) is 9.59 Å². The van der Waals surface area contributed by atoms with Crippen molar-refractivity contribution in [2.24, 2.45) is 12.8 Å². The molecule has 1 aromatic rings. The topological polar surface area (TPSA) is 89.2 Å². The molecule has 7 heteroatoms. The summed E-state index contributed by atoms with van der Waals surface area (Å²) in [5.74, 6) is -0.692. The van der Waals surface area contributed by atoms with E-state index in [1.807, 2.05) is 0 Å². The zero-order chi connectivity index (χ0) is 13.1. The van der Waals surface area contributed by atoms with Crippen molar-refractivity contribution in [3.8, 4) is 0 Å². The SMILES string of the molecule is Cl.Cn1cc(C(N)=O)cc1C(=O)N[C@H]1CCCNC1. The highest BCUT2D eigenvalue weighted by molar-refractivity contribution is 5.98. The maximum Gasteiger partial charge on any atom is 0.268 e. The van der Waals surface area contributed by atoms with E-state index in [-0.39, 0.29) is 24.4 Å². The number of primary amides is 1. The van der Waals surface area contributed by atoms with Gasteiger partial charge in [0.15, 0.2) is 0 Å². The normalized spacial score (nSPS) is 18.5. The van der Waals surface area contributed by atoms with Crippen molar-refractivity contribution in [1.29, 1.82) is 0 Å². The first-order chi connectivity index (χ1) is 8.58. The number of hydrogen-bond donors (Lipinski definition) is 3. The molecule has 1 fully saturated rings. The van der Waals surface area contributed by atoms with Crippen LogP contribution in [0.25, 0.3) is 0 Å². The summed E-state index contributed by atoms with van der Waals surface area (Å²) in [5.41, 5.74) is 5.99. The molecule has 2 amide bonds. The minimum absolute atomic E-state index is 0. The molecule has 0 radical (unpaired) electrons. The Labute approximate surface area is 118 Å². The molecule has 1 saturated heterocycles. The molecule has 1 atom stereocenters. The van der Waals surface area contributed by atoms with Crippen molar-refractivity contribution >= 4 is 24.2 Å². The van der Waals surface area contributed by atoms with Gasteiger partial charge in [-0.1, -0.05) is 0 Å². The molecule has 6 nitrogen and oxygen atoms in total. The first-order valence-electron chi connectivity index (χ1n) is 6.05. The molecule has 4 N–H and O–H groups in total. The minimum Gasteiger partial charge on any atom is -0.366 e. The van der Waals surface area contributed by atoms with Gasteiger partial charge in [0.1, 0.15) is 5.69 Å². The Kier molecular flexibility index (Phi) is 5.38. The van der Waals surface area contributed by atoms with Gasteiger partial charge in [-0.25, -0.2) is 0 Å². The average molecular weight is 287 g/mol. The Hall–Kier alpha value is -1.53. The predicted molar refractivity (Wildman–Crippen MR) is 74.5 cm³/mol. The Bertz CT molecular complexity index is 466. The molecule has 19 heavy (non-hydrogen) atoms. The number of nitrogens with zero attached hydrogens (tertiary/aromatic N) is 1. The Balaban J connectivity index is 0.00000180. The van der Waals surface area contributed by atoms with Gasteiger partial charge in [0.25, 0.3) is 5.91 Å². The fraction of sp³-hybridized carbons (Fsp3) is 0.500. The van der Waals surface area contributed by atoms with E-state index in [1.165, 1.54) is 6.07 Å². The molecule has 2 rings (SSSR count). The smallest absolute Gasteiger partial charge is 0.268 e. The van der Waals surface area contributed by atoms with E-state index in [0.29, 0.717) is 11.3 Å². The van der Waals surface area contributed by atoms with Gasteiger partial charge in [0.05, 0.1) is 5.56 Å². The number of hydrogen-bond acceptors (Lipinski definition) is 3. The van der Waals surface area contributed by atoms with Crippen molar-refractivity contribution < 1.29 is 9.59 Å². The number of carbonyl (C=O) groups excluding carboxylic acids is 2. The summed E-state index contributed by atoms with van der Waals surface area (Å²) in [7, 11) is 1.72. The molecular weight excluding hydrogens is 268 g/mol. The van der Waals surface area contributed by atoms with Crippen LogP contribution in [0.1, 0.15) is 33.7 Å². The van der Waals surface area contributed by atoms with Crippen LogP contribution in [0.5, 0.6) is 0 Å². The lowest BCUT2D eigenvalue weighted by atomic mass is 10.1. The van der Waals surface area contributed by atoms with Gasteiger partial charge in [-0.3, -0.25) is 9.59 Å². The van der Waals surface area contributed by atoms with Crippen LogP contribution in [0.15, 0.2) is 12.3 Å². The Morgan fingerprint density at radius 1 is 1.53 bits per heavy atom. The van der Waals surface area contributed by atoms with Crippen molar-refractivity contribution in [2.45, 2.75) is 18.9 Å². The van der Waals surface area contributed by atoms with Gasteiger partial charge in [-0.15, -0.1) is 12.4 Å². The van der Waals surface area contributed by atoms with E-state index in [2.05, 4.69) is 10.6 Å². The Morgan fingerprint density at radius 3 is 2.79 bits per heavy atom. The highest BCUT2D eigenvalue weighted by Crippen LogP contribution is 2.08. The van der Waals surface area contributed by atoms with Gasteiger partial charge >= 0.3 is 0 Å². The molecule has 1 aromatic heterocycles. The van der Waals surface area contributed by atoms with Crippen molar-refractivity contribution in [3.63, 3.8) is 0 Å². The summed E-state index contributed by atoms with van der Waals surface area (Å²) >= 11 is 0. The third-order valence-corrected chi connectivity index (χ3v) is 3.15. The summed E-state index contributed by atoms with van der Waals surface area (Å²) in [6.07, 6.45) is 3.60. The standard InChI is InChI=1S/C12H18N4O2.ClH/c1-16-7-8(11(13)17)5-10(16)12(18)15-9-3-2-4-14-6-9;/h5,7,9,14H,2-4,6H2,1H3,(H2,13,17)(H,15,18);1H/t9-;/m0./s1. The van der Waals surface area contributed by atoms with Crippen molar-refractivity contribution in [2.75, 3.05) is 13.1 Å². The van der Waals surface area contributed by atoms with Crippen LogP contribution in [0, 0.1) is 0 Å². The van der Waals surface area contributed by atoms with Gasteiger partial charge in [-0.05, 0) is 25.5 Å². The second-order valence-electron chi connectivity index (χ2n) is 4.61. The molecule has 0 bridgehead atoms. The minimum atomic E-state index is -0.524. The monoisotopic (exact) mass is 286 g/mol. The molecule has 0 aliphatic carbocycles. The molecule has 106 valence electrons. The van der Waals surface area contributed by atoms with Crippen LogP contribution in [-0.2, 0) is 7.05 Å². The van der Waals surface area contributed by atoms with E-state index < -0.39 is 5.91 Å². The molecule has 0 spiro atoms. The van der Waals surface area contributed by atoms with Crippen LogP contribution < -0.4 is 16.4 Å². The van der Waals surface area contributed by atoms with Crippen LogP contribution in [0.4, 0.5) is 0 Å². The van der Waals surface area contributed by atoms with Crippen LogP contribution in [0.3, 0.4) is 0 Å². The Morgan fingerprint density at radius 2 is 2.26 bits per heavy atom. The largest absolute Gasteiger partial charge is 0.366 e. The lowest BCUT2D eigenvalue weighted by Gasteiger charge is -2.23. The van der Waals surface area contributed by atoms with Gasteiger partial charge in [0, 0.05) is 25.8 Å². The number of rotatable bonds is 3. The van der Waals surface area contributed by atoms with E-state index in [0.717, 1.165) is 25.9 Å². The number of aromatic nitrogens is 1. The van der Waals surface area contributed by atoms with Crippen molar-refractivity contribution in [3.05, 3.63) is 23.5 Å². The highest BCUT2D eigenvalue weighted by Gasteiger charge is 2.19. The van der Waals surface area contributed by atoms with E-state index >= 15 is 0 Å². The second-order valence-corrected chi connectivity index (χ2v) is 4.61. The molecule has 1 aliphatic heterocycles. The van der Waals surface area contributed by atoms with Gasteiger partial charge in [-0.2, -0.15) is 0 Å². The van der Waals surface area contributed by atoms with Gasteiger partial charge in [0.2, 0.25) is 5.91 Å². The average Bonchev–Trinajstić information content (AvgIpc) is 2.73. The summed E-state index contributed by atoms with van der Waals surface area (Å²) in [5, 5.41) is 6.19. The summed E-state index contributed by atoms with van der Waals surface area (Å²) in [6.45, 7) is 1.79. The molecule has 1 aliphatic rings. The lowest BCUT2D eigenvalue weighted by molar-refractivity contribution is 0.0922. The highest BCUT2D eigenvalue weighted by atomic mass is 35.5. The molecule has 0 unspecified atom stereocenters. The van der Waals surface area contributed by atoms with Crippen LogP contribution in [0.2, 0.25) is 0 Å². The van der Waals surface area contributed by atoms with Crippen molar-refractivity contribution in [1.82, 2.24) is 15.2 Å². The number of amides is 2. The first kappa shape index (κ1) is 15.5. The number of aryl methyl sites for hydroxylation is 1. The quantitative estimate of drug-likeness (QED) is 0.732. The summed E-state index contributed by atoms with van der Waals surface area (Å²) < 4.78 is 1.62. The fourth-order valence-electron chi connectivity index (χ4n) is 2.16. The third-order valence-electron chi connectivity index (χ3n) is 3.15. The fourth-order valence-corrected chi connectivity index (χ4v) is 2.16. The number of piperidine rings is 1. The first-order valence-corrected chi connectivity index (χ1v) is 6.05. The van der Waals surface area contributed by atoms with E-state index in [4.69, 9.17) is 5.73 Å². The predicted octanol–water partition coefficient (Wildman–Crippen LogP) is 0.0276. The number of nitrogens with one attached hydrogen (secondary N) is 2. The maximum absolute atomic E-state index is 12.1. The number of halogens is 1. The van der Waals surface area contributed by atoms with Crippen LogP contribution in [-0.4, -0.2) is 35.5 Å². The number of carbonyl (C=O) groups is 2. The molecular formula is C12H19ClN4O2. The molecule has 0 saturated carbocycles. The zero-order valence-electron chi connectivity index (χ0n) is 10.8. The maximum atomic E-state index is 12.1. The van der Waals surface area contributed by atoms with E-state index in [1.54, 1.807) is 17.8 Å². The molecule has 0 aromatic carbocycles. The van der Waals surface area contributed by atoms with Gasteiger partial charge < -0.3 is 20.9 Å². The second kappa shape index (κ2) is 6.58. The summed E-state index contributed by atoms with van der Waals surface area (Å²) in [4.78, 5) is 23.1.